The highest BCUT2D eigenvalue weighted by molar-refractivity contribution is 5.49. The smallest absolute Gasteiger partial charge is 0.161 e. The van der Waals surface area contributed by atoms with E-state index in [0.29, 0.717) is 18.0 Å². The lowest BCUT2D eigenvalue weighted by atomic mass is 9.79. The molecule has 0 bridgehead atoms. The zero-order chi connectivity index (χ0) is 16.4. The monoisotopic (exact) mass is 318 g/mol. The highest BCUT2D eigenvalue weighted by Gasteiger charge is 2.37. The fraction of sp³-hybridized carbons (Fsp3) is 0.684. The van der Waals surface area contributed by atoms with Crippen molar-refractivity contribution >= 4 is 0 Å². The molecule has 0 amide bonds. The summed E-state index contributed by atoms with van der Waals surface area (Å²) in [4.78, 5) is 2.64. The average molecular weight is 318 g/mol. The standard InChI is InChI=1S/C19H30N2O2/c1-4-5-6-14-12-21-8-7-13-9-18(22-2)19(23-3)10-15(13)17(21)11-16(14)20/h9-10,14,16-17H,4-8,11-12,20H2,1-3H3/t14-,16-,17-/m0/s1. The van der Waals surface area contributed by atoms with E-state index in [1.165, 1.54) is 30.4 Å². The zero-order valence-electron chi connectivity index (χ0n) is 14.7. The lowest BCUT2D eigenvalue weighted by molar-refractivity contribution is 0.0783. The molecule has 2 heterocycles. The number of methoxy groups -OCH3 is 2. The van der Waals surface area contributed by atoms with Crippen molar-refractivity contribution in [2.45, 2.75) is 51.1 Å². The number of hydrogen-bond acceptors (Lipinski definition) is 4. The van der Waals surface area contributed by atoms with E-state index in [0.717, 1.165) is 37.4 Å². The summed E-state index contributed by atoms with van der Waals surface area (Å²) in [6.07, 6.45) is 5.95. The molecule has 128 valence electrons. The van der Waals surface area contributed by atoms with Gasteiger partial charge in [0.25, 0.3) is 0 Å². The maximum atomic E-state index is 6.53. The molecule has 1 saturated heterocycles. The molecule has 2 N–H and O–H groups in total. The summed E-state index contributed by atoms with van der Waals surface area (Å²) in [7, 11) is 3.41. The van der Waals surface area contributed by atoms with Crippen LogP contribution in [0.4, 0.5) is 0 Å². The maximum absolute atomic E-state index is 6.53. The van der Waals surface area contributed by atoms with Gasteiger partial charge in [-0.25, -0.2) is 0 Å². The molecule has 0 unspecified atom stereocenters. The van der Waals surface area contributed by atoms with Gasteiger partial charge in [0.1, 0.15) is 0 Å². The predicted octanol–water partition coefficient (Wildman–Crippen LogP) is 3.14. The van der Waals surface area contributed by atoms with Gasteiger partial charge in [-0.1, -0.05) is 19.8 Å². The molecular weight excluding hydrogens is 288 g/mol. The number of benzene rings is 1. The third-order valence-electron chi connectivity index (χ3n) is 5.61. The second kappa shape index (κ2) is 7.10. The largest absolute Gasteiger partial charge is 0.493 e. The summed E-state index contributed by atoms with van der Waals surface area (Å²) in [5.74, 6) is 2.31. The fourth-order valence-electron chi connectivity index (χ4n) is 4.23. The molecule has 1 fully saturated rings. The summed E-state index contributed by atoms with van der Waals surface area (Å²) in [5, 5.41) is 0. The summed E-state index contributed by atoms with van der Waals surface area (Å²) in [6, 6.07) is 5.07. The van der Waals surface area contributed by atoms with E-state index in [2.05, 4.69) is 24.0 Å². The molecule has 4 heteroatoms. The van der Waals surface area contributed by atoms with Crippen LogP contribution in [0.5, 0.6) is 11.5 Å². The molecule has 0 radical (unpaired) electrons. The first-order chi connectivity index (χ1) is 11.2. The average Bonchev–Trinajstić information content (AvgIpc) is 2.58. The van der Waals surface area contributed by atoms with Gasteiger partial charge < -0.3 is 15.2 Å². The molecule has 1 aromatic rings. The van der Waals surface area contributed by atoms with Gasteiger partial charge in [-0.2, -0.15) is 0 Å². The Morgan fingerprint density at radius 2 is 1.96 bits per heavy atom. The SMILES string of the molecule is CCCC[C@H]1CN2CCc3cc(OC)c(OC)cc3[C@@H]2C[C@@H]1N. The van der Waals surface area contributed by atoms with E-state index in [1.807, 2.05) is 0 Å². The van der Waals surface area contributed by atoms with E-state index in [-0.39, 0.29) is 0 Å². The van der Waals surface area contributed by atoms with Crippen LogP contribution in [0.2, 0.25) is 0 Å². The molecule has 0 aliphatic carbocycles. The first kappa shape index (κ1) is 16.6. The Hall–Kier alpha value is -1.26. The Bertz CT molecular complexity index is 546. The van der Waals surface area contributed by atoms with Crippen molar-refractivity contribution in [1.82, 2.24) is 4.90 Å². The Labute approximate surface area is 139 Å². The third kappa shape index (κ3) is 3.20. The zero-order valence-corrected chi connectivity index (χ0v) is 14.7. The first-order valence-corrected chi connectivity index (χ1v) is 8.92. The van der Waals surface area contributed by atoms with Gasteiger partial charge in [-0.15, -0.1) is 0 Å². The number of hydrogen-bond donors (Lipinski definition) is 1. The van der Waals surface area contributed by atoms with Gasteiger partial charge in [-0.05, 0) is 48.4 Å². The van der Waals surface area contributed by atoms with Gasteiger partial charge in [0, 0.05) is 25.2 Å². The van der Waals surface area contributed by atoms with Gasteiger partial charge in [0.15, 0.2) is 11.5 Å². The fourth-order valence-corrected chi connectivity index (χ4v) is 4.23. The van der Waals surface area contributed by atoms with Gasteiger partial charge in [0.2, 0.25) is 0 Å². The Kier molecular flexibility index (Phi) is 5.12. The van der Waals surface area contributed by atoms with Crippen LogP contribution in [-0.2, 0) is 6.42 Å². The summed E-state index contributed by atoms with van der Waals surface area (Å²) >= 11 is 0. The Morgan fingerprint density at radius 3 is 2.65 bits per heavy atom. The van der Waals surface area contributed by atoms with E-state index in [4.69, 9.17) is 15.2 Å². The highest BCUT2D eigenvalue weighted by atomic mass is 16.5. The number of unbranched alkanes of at least 4 members (excludes halogenated alkanes) is 1. The molecule has 0 saturated carbocycles. The molecule has 2 aliphatic rings. The van der Waals surface area contributed by atoms with Crippen molar-refractivity contribution in [3.63, 3.8) is 0 Å². The number of nitrogens with two attached hydrogens (primary N) is 1. The molecule has 3 atom stereocenters. The first-order valence-electron chi connectivity index (χ1n) is 8.92. The molecule has 3 rings (SSSR count). The number of rotatable bonds is 5. The minimum absolute atomic E-state index is 0.307. The molecule has 2 aliphatic heterocycles. The second-order valence-corrected chi connectivity index (χ2v) is 6.97. The molecular formula is C19H30N2O2. The number of ether oxygens (including phenoxy) is 2. The topological polar surface area (TPSA) is 47.7 Å². The van der Waals surface area contributed by atoms with Crippen LogP contribution in [0.15, 0.2) is 12.1 Å². The number of piperidine rings is 1. The van der Waals surface area contributed by atoms with Crippen LogP contribution in [0.3, 0.4) is 0 Å². The lowest BCUT2D eigenvalue weighted by Crippen LogP contribution is -2.50. The predicted molar refractivity (Wildman–Crippen MR) is 93.2 cm³/mol. The van der Waals surface area contributed by atoms with Crippen molar-refractivity contribution in [3.8, 4) is 11.5 Å². The molecule has 1 aromatic carbocycles. The molecule has 23 heavy (non-hydrogen) atoms. The summed E-state index contributed by atoms with van der Waals surface area (Å²) in [5.41, 5.74) is 9.31. The summed E-state index contributed by atoms with van der Waals surface area (Å²) < 4.78 is 11.0. The maximum Gasteiger partial charge on any atom is 0.161 e. The van der Waals surface area contributed by atoms with Crippen LogP contribution in [-0.4, -0.2) is 38.3 Å². The van der Waals surface area contributed by atoms with Crippen LogP contribution in [0.1, 0.15) is 49.8 Å². The third-order valence-corrected chi connectivity index (χ3v) is 5.61. The van der Waals surface area contributed by atoms with E-state index in [9.17, 15) is 0 Å². The van der Waals surface area contributed by atoms with Crippen LogP contribution < -0.4 is 15.2 Å². The summed E-state index contributed by atoms with van der Waals surface area (Å²) in [6.45, 7) is 4.52. The van der Waals surface area contributed by atoms with Crippen molar-refractivity contribution in [2.24, 2.45) is 11.7 Å². The second-order valence-electron chi connectivity index (χ2n) is 6.97. The van der Waals surface area contributed by atoms with Crippen LogP contribution >= 0.6 is 0 Å². The van der Waals surface area contributed by atoms with Gasteiger partial charge in [-0.3, -0.25) is 4.90 Å². The van der Waals surface area contributed by atoms with Crippen molar-refractivity contribution < 1.29 is 9.47 Å². The van der Waals surface area contributed by atoms with E-state index < -0.39 is 0 Å². The normalized spacial score (nSPS) is 27.2. The van der Waals surface area contributed by atoms with Crippen molar-refractivity contribution in [3.05, 3.63) is 23.3 Å². The highest BCUT2D eigenvalue weighted by Crippen LogP contribution is 2.42. The van der Waals surface area contributed by atoms with Gasteiger partial charge in [0.05, 0.1) is 14.2 Å². The van der Waals surface area contributed by atoms with Crippen molar-refractivity contribution in [1.29, 1.82) is 0 Å². The minimum atomic E-state index is 0.307. The van der Waals surface area contributed by atoms with E-state index >= 15 is 0 Å². The quantitative estimate of drug-likeness (QED) is 0.906. The van der Waals surface area contributed by atoms with Gasteiger partial charge >= 0.3 is 0 Å². The number of fused-ring (bicyclic) bond motifs is 3. The Morgan fingerprint density at radius 1 is 1.22 bits per heavy atom. The molecule has 0 aromatic heterocycles. The van der Waals surface area contributed by atoms with Crippen LogP contribution in [0, 0.1) is 5.92 Å². The molecule has 4 nitrogen and oxygen atoms in total. The molecule has 0 spiro atoms. The minimum Gasteiger partial charge on any atom is -0.493 e. The van der Waals surface area contributed by atoms with E-state index in [1.54, 1.807) is 14.2 Å². The van der Waals surface area contributed by atoms with Crippen molar-refractivity contribution in [2.75, 3.05) is 27.3 Å². The number of nitrogens with zero attached hydrogens (tertiary/aromatic N) is 1. The van der Waals surface area contributed by atoms with Crippen LogP contribution in [0.25, 0.3) is 0 Å². The Balaban J connectivity index is 1.84. The lowest BCUT2D eigenvalue weighted by Gasteiger charge is -2.46.